The number of ketones is 1. The lowest BCUT2D eigenvalue weighted by Crippen LogP contribution is -2.33. The molecular formula is C21H24N2O3. The zero-order valence-corrected chi connectivity index (χ0v) is 15.4. The van der Waals surface area contributed by atoms with Crippen LogP contribution in [0.2, 0.25) is 0 Å². The topological polar surface area (TPSA) is 68.2 Å². The number of pyridine rings is 1. The van der Waals surface area contributed by atoms with Gasteiger partial charge in [0.25, 0.3) is 11.5 Å². The molecule has 0 radical (unpaired) electrons. The Hall–Kier alpha value is -2.69. The number of Topliss-reactive ketones (excluding diaryl/α,β-unsaturated/α-hetero) is 1. The first-order valence-corrected chi connectivity index (χ1v) is 8.98. The molecule has 5 nitrogen and oxygen atoms in total. The normalized spacial score (nSPS) is 14.7. The van der Waals surface area contributed by atoms with Crippen molar-refractivity contribution in [2.45, 2.75) is 39.2 Å². The highest BCUT2D eigenvalue weighted by molar-refractivity contribution is 6.00. The maximum absolute atomic E-state index is 12.9. The minimum Gasteiger partial charge on any atom is -0.355 e. The Balaban J connectivity index is 2.08. The monoisotopic (exact) mass is 352 g/mol. The second-order valence-corrected chi connectivity index (χ2v) is 7.09. The number of carbonyl (C=O) groups excluding carboxylic acids is 2. The molecule has 5 heteroatoms. The van der Waals surface area contributed by atoms with Crippen LogP contribution < -0.4 is 10.9 Å². The van der Waals surface area contributed by atoms with E-state index in [9.17, 15) is 14.4 Å². The Morgan fingerprint density at radius 1 is 1.27 bits per heavy atom. The fraction of sp³-hybridized carbons (Fsp3) is 0.381. The van der Waals surface area contributed by atoms with E-state index in [-0.39, 0.29) is 22.9 Å². The molecule has 1 fully saturated rings. The molecule has 0 spiro atoms. The van der Waals surface area contributed by atoms with Gasteiger partial charge in [0.2, 0.25) is 0 Å². The molecule has 1 aromatic heterocycles. The van der Waals surface area contributed by atoms with E-state index in [1.54, 1.807) is 6.20 Å². The van der Waals surface area contributed by atoms with Gasteiger partial charge < -0.3 is 9.88 Å². The summed E-state index contributed by atoms with van der Waals surface area (Å²) in [5, 5.41) is 2.49. The number of hydrogen-bond donors (Lipinski definition) is 1. The fourth-order valence-electron chi connectivity index (χ4n) is 3.13. The Morgan fingerprint density at radius 3 is 2.62 bits per heavy atom. The first-order chi connectivity index (χ1) is 12.4. The van der Waals surface area contributed by atoms with Crippen molar-refractivity contribution in [2.24, 2.45) is 5.92 Å². The summed E-state index contributed by atoms with van der Waals surface area (Å²) < 4.78 is 1.50. The first-order valence-electron chi connectivity index (χ1n) is 8.98. The largest absolute Gasteiger partial charge is 0.355 e. The summed E-state index contributed by atoms with van der Waals surface area (Å²) >= 11 is 0. The van der Waals surface area contributed by atoms with E-state index in [1.165, 1.54) is 17.7 Å². The van der Waals surface area contributed by atoms with E-state index in [1.807, 2.05) is 38.1 Å². The number of aromatic nitrogens is 1. The predicted octanol–water partition coefficient (Wildman–Crippen LogP) is 3.11. The third kappa shape index (κ3) is 3.77. The number of nitrogens with one attached hydrogen (secondary N) is 1. The number of amides is 1. The van der Waals surface area contributed by atoms with Crippen LogP contribution >= 0.6 is 0 Å². The SMILES string of the molecule is CNC(=O)c1cc(C(=O)CC2CC2)cn([C@H](C)c2cccc(C)c2)c1=O. The molecule has 1 saturated carbocycles. The van der Waals surface area contributed by atoms with Crippen molar-refractivity contribution in [3.63, 3.8) is 0 Å². The molecule has 0 saturated heterocycles. The Bertz CT molecular complexity index is 910. The van der Waals surface area contributed by atoms with Crippen LogP contribution in [-0.4, -0.2) is 23.3 Å². The van der Waals surface area contributed by atoms with Crippen LogP contribution in [0.4, 0.5) is 0 Å². The molecule has 2 aromatic rings. The molecule has 0 unspecified atom stereocenters. The van der Waals surface area contributed by atoms with Crippen LogP contribution in [0.1, 0.15) is 64.1 Å². The second-order valence-electron chi connectivity index (χ2n) is 7.09. The van der Waals surface area contributed by atoms with Gasteiger partial charge in [-0.05, 0) is 44.2 Å². The summed E-state index contributed by atoms with van der Waals surface area (Å²) in [6.07, 6.45) is 4.23. The molecule has 1 aliphatic carbocycles. The molecule has 3 rings (SSSR count). The maximum atomic E-state index is 12.9. The van der Waals surface area contributed by atoms with Gasteiger partial charge in [0.15, 0.2) is 5.78 Å². The van der Waals surface area contributed by atoms with Crippen molar-refractivity contribution in [1.82, 2.24) is 9.88 Å². The number of rotatable bonds is 6. The van der Waals surface area contributed by atoms with Crippen molar-refractivity contribution < 1.29 is 9.59 Å². The third-order valence-electron chi connectivity index (χ3n) is 4.95. The Labute approximate surface area is 153 Å². The quantitative estimate of drug-likeness (QED) is 0.812. The van der Waals surface area contributed by atoms with Gasteiger partial charge in [-0.2, -0.15) is 0 Å². The molecule has 1 aromatic carbocycles. The molecule has 1 heterocycles. The van der Waals surface area contributed by atoms with Crippen LogP contribution in [0.3, 0.4) is 0 Å². The van der Waals surface area contributed by atoms with Crippen molar-refractivity contribution >= 4 is 11.7 Å². The number of hydrogen-bond acceptors (Lipinski definition) is 3. The van der Waals surface area contributed by atoms with E-state index in [0.717, 1.165) is 24.0 Å². The fourth-order valence-corrected chi connectivity index (χ4v) is 3.13. The molecule has 1 amide bonds. The smallest absolute Gasteiger partial charge is 0.263 e. The number of carbonyl (C=O) groups is 2. The van der Waals surface area contributed by atoms with Crippen LogP contribution in [-0.2, 0) is 0 Å². The number of benzene rings is 1. The van der Waals surface area contributed by atoms with Crippen molar-refractivity contribution in [1.29, 1.82) is 0 Å². The highest BCUT2D eigenvalue weighted by atomic mass is 16.2. The first kappa shape index (κ1) is 18.1. The average molecular weight is 352 g/mol. The van der Waals surface area contributed by atoms with Gasteiger partial charge in [-0.25, -0.2) is 0 Å². The Morgan fingerprint density at radius 2 is 2.00 bits per heavy atom. The van der Waals surface area contributed by atoms with Crippen LogP contribution in [0.25, 0.3) is 0 Å². The van der Waals surface area contributed by atoms with Gasteiger partial charge in [-0.15, -0.1) is 0 Å². The van der Waals surface area contributed by atoms with Crippen LogP contribution in [0, 0.1) is 12.8 Å². The van der Waals surface area contributed by atoms with Gasteiger partial charge >= 0.3 is 0 Å². The molecule has 1 atom stereocenters. The molecule has 0 bridgehead atoms. The predicted molar refractivity (Wildman–Crippen MR) is 101 cm³/mol. The summed E-state index contributed by atoms with van der Waals surface area (Å²) in [6.45, 7) is 3.89. The third-order valence-corrected chi connectivity index (χ3v) is 4.95. The lowest BCUT2D eigenvalue weighted by molar-refractivity contribution is 0.0961. The van der Waals surface area contributed by atoms with E-state index in [2.05, 4.69) is 5.32 Å². The highest BCUT2D eigenvalue weighted by Crippen LogP contribution is 2.33. The highest BCUT2D eigenvalue weighted by Gasteiger charge is 2.26. The summed E-state index contributed by atoms with van der Waals surface area (Å²) in [5.41, 5.74) is 2.10. The van der Waals surface area contributed by atoms with Crippen molar-refractivity contribution in [3.05, 3.63) is 69.1 Å². The molecule has 136 valence electrons. The van der Waals surface area contributed by atoms with E-state index in [0.29, 0.717) is 17.9 Å². The van der Waals surface area contributed by atoms with Crippen LogP contribution in [0.15, 0.2) is 41.3 Å². The summed E-state index contributed by atoms with van der Waals surface area (Å²) in [6, 6.07) is 9.04. The molecule has 1 N–H and O–H groups in total. The zero-order chi connectivity index (χ0) is 18.8. The van der Waals surface area contributed by atoms with E-state index < -0.39 is 5.91 Å². The minimum atomic E-state index is -0.471. The second kappa shape index (κ2) is 7.28. The lowest BCUT2D eigenvalue weighted by Gasteiger charge is -2.18. The summed E-state index contributed by atoms with van der Waals surface area (Å²) in [5.74, 6) is -0.0374. The number of aryl methyl sites for hydroxylation is 1. The molecule has 0 aliphatic heterocycles. The average Bonchev–Trinajstić information content (AvgIpc) is 3.44. The van der Waals surface area contributed by atoms with Gasteiger partial charge in [0.05, 0.1) is 6.04 Å². The Kier molecular flexibility index (Phi) is 5.07. The zero-order valence-electron chi connectivity index (χ0n) is 15.4. The maximum Gasteiger partial charge on any atom is 0.263 e. The molecule has 26 heavy (non-hydrogen) atoms. The van der Waals surface area contributed by atoms with Gasteiger partial charge in [0.1, 0.15) is 5.56 Å². The lowest BCUT2D eigenvalue weighted by atomic mass is 10.0. The molecular weight excluding hydrogens is 328 g/mol. The van der Waals surface area contributed by atoms with E-state index in [4.69, 9.17) is 0 Å². The van der Waals surface area contributed by atoms with Gasteiger partial charge in [-0.3, -0.25) is 14.4 Å². The summed E-state index contributed by atoms with van der Waals surface area (Å²) in [7, 11) is 1.48. The van der Waals surface area contributed by atoms with Gasteiger partial charge in [0, 0.05) is 25.2 Å². The van der Waals surface area contributed by atoms with Crippen molar-refractivity contribution in [2.75, 3.05) is 7.05 Å². The van der Waals surface area contributed by atoms with Crippen LogP contribution in [0.5, 0.6) is 0 Å². The van der Waals surface area contributed by atoms with Crippen molar-refractivity contribution in [3.8, 4) is 0 Å². The minimum absolute atomic E-state index is 0.00801. The molecule has 1 aliphatic rings. The standard InChI is InChI=1S/C21H24N2O3/c1-13-5-4-6-16(9-13)14(2)23-12-17(19(24)10-15-7-8-15)11-18(21(23)26)20(25)22-3/h4-6,9,11-12,14-15H,7-8,10H2,1-3H3,(H,22,25)/t14-/m1/s1. The van der Waals surface area contributed by atoms with E-state index >= 15 is 0 Å². The number of nitrogens with zero attached hydrogens (tertiary/aromatic N) is 1. The summed E-state index contributed by atoms with van der Waals surface area (Å²) in [4.78, 5) is 37.6. The van der Waals surface area contributed by atoms with Gasteiger partial charge in [-0.1, -0.05) is 29.8 Å².